The molecule has 0 aliphatic heterocycles. The standard InChI is InChI=1S/C12H12ClNO3/c1-3-17-12(16)10(8(2)15)6-9-4-5-14-11(13)7-9/h4-7H,3H2,1-2H3/b10-6-. The normalized spacial score (nSPS) is 11.1. The minimum Gasteiger partial charge on any atom is -0.462 e. The van der Waals surface area contributed by atoms with Gasteiger partial charge in [0, 0.05) is 6.20 Å². The van der Waals surface area contributed by atoms with Gasteiger partial charge in [-0.05, 0) is 37.6 Å². The van der Waals surface area contributed by atoms with Gasteiger partial charge in [-0.3, -0.25) is 4.79 Å². The number of hydrogen-bond donors (Lipinski definition) is 0. The van der Waals surface area contributed by atoms with Crippen molar-refractivity contribution in [1.82, 2.24) is 4.98 Å². The summed E-state index contributed by atoms with van der Waals surface area (Å²) in [7, 11) is 0. The van der Waals surface area contributed by atoms with Crippen LogP contribution in [0.5, 0.6) is 0 Å². The fourth-order valence-electron chi connectivity index (χ4n) is 1.19. The van der Waals surface area contributed by atoms with Crippen LogP contribution in [-0.2, 0) is 14.3 Å². The number of aromatic nitrogens is 1. The molecule has 1 rings (SSSR count). The van der Waals surface area contributed by atoms with Crippen molar-refractivity contribution in [3.8, 4) is 0 Å². The molecule has 0 bridgehead atoms. The molecule has 4 nitrogen and oxygen atoms in total. The fourth-order valence-corrected chi connectivity index (χ4v) is 1.37. The van der Waals surface area contributed by atoms with Gasteiger partial charge in [0.05, 0.1) is 6.61 Å². The maximum Gasteiger partial charge on any atom is 0.341 e. The van der Waals surface area contributed by atoms with Crippen LogP contribution in [0.25, 0.3) is 6.08 Å². The number of rotatable bonds is 4. The van der Waals surface area contributed by atoms with Crippen LogP contribution < -0.4 is 0 Å². The molecular formula is C12H12ClNO3. The summed E-state index contributed by atoms with van der Waals surface area (Å²) in [5.41, 5.74) is 0.623. The van der Waals surface area contributed by atoms with E-state index in [-0.39, 0.29) is 18.0 Å². The summed E-state index contributed by atoms with van der Waals surface area (Å²) in [6.07, 6.45) is 2.94. The molecule has 1 aromatic rings. The highest BCUT2D eigenvalue weighted by Gasteiger charge is 2.15. The van der Waals surface area contributed by atoms with Gasteiger partial charge in [0.25, 0.3) is 0 Å². The maximum atomic E-state index is 11.5. The smallest absolute Gasteiger partial charge is 0.341 e. The van der Waals surface area contributed by atoms with Crippen LogP contribution in [0.1, 0.15) is 19.4 Å². The Morgan fingerprint density at radius 1 is 1.53 bits per heavy atom. The molecule has 0 radical (unpaired) electrons. The largest absolute Gasteiger partial charge is 0.462 e. The lowest BCUT2D eigenvalue weighted by molar-refractivity contribution is -0.139. The van der Waals surface area contributed by atoms with Crippen LogP contribution in [0.4, 0.5) is 0 Å². The maximum absolute atomic E-state index is 11.5. The van der Waals surface area contributed by atoms with Crippen molar-refractivity contribution in [1.29, 1.82) is 0 Å². The summed E-state index contributed by atoms with van der Waals surface area (Å²) < 4.78 is 4.79. The summed E-state index contributed by atoms with van der Waals surface area (Å²) in [5, 5.41) is 0.297. The van der Waals surface area contributed by atoms with E-state index in [0.29, 0.717) is 10.7 Å². The molecule has 0 saturated heterocycles. The molecule has 0 fully saturated rings. The van der Waals surface area contributed by atoms with E-state index in [1.165, 1.54) is 19.2 Å². The van der Waals surface area contributed by atoms with E-state index in [1.807, 2.05) is 0 Å². The monoisotopic (exact) mass is 253 g/mol. The second kappa shape index (κ2) is 6.15. The van der Waals surface area contributed by atoms with Gasteiger partial charge in [0.1, 0.15) is 10.7 Å². The van der Waals surface area contributed by atoms with Gasteiger partial charge in [-0.15, -0.1) is 0 Å². The number of hydrogen-bond acceptors (Lipinski definition) is 4. The van der Waals surface area contributed by atoms with Gasteiger partial charge in [-0.1, -0.05) is 11.6 Å². The number of ketones is 1. The van der Waals surface area contributed by atoms with Crippen LogP contribution >= 0.6 is 11.6 Å². The lowest BCUT2D eigenvalue weighted by Crippen LogP contribution is -2.13. The Kier molecular flexibility index (Phi) is 4.84. The van der Waals surface area contributed by atoms with Crippen molar-refractivity contribution < 1.29 is 14.3 Å². The molecule has 17 heavy (non-hydrogen) atoms. The Balaban J connectivity index is 3.06. The highest BCUT2D eigenvalue weighted by Crippen LogP contribution is 2.12. The number of nitrogens with zero attached hydrogens (tertiary/aromatic N) is 1. The van der Waals surface area contributed by atoms with Gasteiger partial charge >= 0.3 is 5.97 Å². The number of carbonyl (C=O) groups excluding carboxylic acids is 2. The van der Waals surface area contributed by atoms with Gasteiger partial charge in [0.15, 0.2) is 5.78 Å². The molecule has 0 aliphatic carbocycles. The van der Waals surface area contributed by atoms with E-state index < -0.39 is 5.97 Å². The van der Waals surface area contributed by atoms with Crippen molar-refractivity contribution >= 4 is 29.4 Å². The van der Waals surface area contributed by atoms with Crippen LogP contribution in [0.15, 0.2) is 23.9 Å². The number of ether oxygens (including phenoxy) is 1. The topological polar surface area (TPSA) is 56.3 Å². The minimum atomic E-state index is -0.632. The third-order valence-electron chi connectivity index (χ3n) is 1.94. The molecule has 0 N–H and O–H groups in total. The van der Waals surface area contributed by atoms with Crippen molar-refractivity contribution in [3.05, 3.63) is 34.6 Å². The molecular weight excluding hydrogens is 242 g/mol. The number of carbonyl (C=O) groups is 2. The summed E-state index contributed by atoms with van der Waals surface area (Å²) in [6.45, 7) is 3.21. The van der Waals surface area contributed by atoms with Crippen molar-refractivity contribution in [2.24, 2.45) is 0 Å². The Morgan fingerprint density at radius 2 is 2.24 bits per heavy atom. The number of esters is 1. The molecule has 1 aromatic heterocycles. The SMILES string of the molecule is CCOC(=O)/C(=C\c1ccnc(Cl)c1)C(C)=O. The molecule has 0 unspecified atom stereocenters. The molecule has 90 valence electrons. The first-order valence-corrected chi connectivity index (χ1v) is 5.43. The third kappa shape index (κ3) is 4.00. The Labute approximate surface area is 104 Å². The first-order valence-electron chi connectivity index (χ1n) is 5.06. The number of halogens is 1. The zero-order valence-corrected chi connectivity index (χ0v) is 10.3. The molecule has 0 amide bonds. The van der Waals surface area contributed by atoms with Gasteiger partial charge in [0.2, 0.25) is 0 Å². The van der Waals surface area contributed by atoms with Crippen molar-refractivity contribution in [3.63, 3.8) is 0 Å². The van der Waals surface area contributed by atoms with Crippen molar-refractivity contribution in [2.45, 2.75) is 13.8 Å². The lowest BCUT2D eigenvalue weighted by Gasteiger charge is -2.03. The highest BCUT2D eigenvalue weighted by atomic mass is 35.5. The van der Waals surface area contributed by atoms with E-state index in [0.717, 1.165) is 0 Å². The first kappa shape index (κ1) is 13.4. The van der Waals surface area contributed by atoms with E-state index in [1.54, 1.807) is 19.1 Å². The summed E-state index contributed by atoms with van der Waals surface area (Å²) >= 11 is 5.71. The second-order valence-electron chi connectivity index (χ2n) is 3.25. The minimum absolute atomic E-state index is 0.00545. The molecule has 0 spiro atoms. The van der Waals surface area contributed by atoms with E-state index in [2.05, 4.69) is 4.98 Å². The summed E-state index contributed by atoms with van der Waals surface area (Å²) in [4.78, 5) is 26.7. The fraction of sp³-hybridized carbons (Fsp3) is 0.250. The molecule has 5 heteroatoms. The van der Waals surface area contributed by atoms with Crippen LogP contribution in [0, 0.1) is 0 Å². The predicted molar refractivity (Wildman–Crippen MR) is 64.5 cm³/mol. The van der Waals surface area contributed by atoms with Gasteiger partial charge < -0.3 is 4.74 Å². The average Bonchev–Trinajstić information content (AvgIpc) is 2.26. The molecule has 0 aliphatic rings. The predicted octanol–water partition coefficient (Wildman–Crippen LogP) is 2.27. The van der Waals surface area contributed by atoms with E-state index >= 15 is 0 Å². The van der Waals surface area contributed by atoms with Crippen LogP contribution in [-0.4, -0.2) is 23.3 Å². The van der Waals surface area contributed by atoms with E-state index in [4.69, 9.17) is 16.3 Å². The van der Waals surface area contributed by atoms with Crippen molar-refractivity contribution in [2.75, 3.05) is 6.61 Å². The Bertz CT molecular complexity index is 469. The van der Waals surface area contributed by atoms with Crippen LogP contribution in [0.3, 0.4) is 0 Å². The van der Waals surface area contributed by atoms with Crippen LogP contribution in [0.2, 0.25) is 5.15 Å². The molecule has 0 saturated carbocycles. The van der Waals surface area contributed by atoms with E-state index in [9.17, 15) is 9.59 Å². The zero-order chi connectivity index (χ0) is 12.8. The summed E-state index contributed by atoms with van der Waals surface area (Å²) in [5.74, 6) is -0.982. The second-order valence-corrected chi connectivity index (χ2v) is 3.63. The summed E-state index contributed by atoms with van der Waals surface area (Å²) in [6, 6.07) is 3.21. The highest BCUT2D eigenvalue weighted by molar-refractivity contribution is 6.29. The quantitative estimate of drug-likeness (QED) is 0.272. The Morgan fingerprint density at radius 3 is 2.76 bits per heavy atom. The zero-order valence-electron chi connectivity index (χ0n) is 9.57. The van der Waals surface area contributed by atoms with Gasteiger partial charge in [-0.25, -0.2) is 9.78 Å². The molecule has 0 aromatic carbocycles. The molecule has 1 heterocycles. The number of pyridine rings is 1. The molecule has 0 atom stereocenters. The average molecular weight is 254 g/mol. The lowest BCUT2D eigenvalue weighted by atomic mass is 10.1. The first-order chi connectivity index (χ1) is 8.04. The third-order valence-corrected chi connectivity index (χ3v) is 2.14. The number of Topliss-reactive ketones (excluding diaryl/α,β-unsaturated/α-hetero) is 1. The van der Waals surface area contributed by atoms with Gasteiger partial charge in [-0.2, -0.15) is 0 Å². The Hall–Kier alpha value is -1.68.